The van der Waals surface area contributed by atoms with E-state index in [1.54, 1.807) is 13.3 Å². The summed E-state index contributed by atoms with van der Waals surface area (Å²) < 4.78 is 5.41. The molecule has 188 valence electrons. The number of rotatable bonds is 11. The molecule has 2 heterocycles. The third-order valence-corrected chi connectivity index (χ3v) is 8.85. The number of ether oxygens (including phenoxy) is 1. The molecule has 3 aromatic rings. The molecule has 0 atom stereocenters. The number of methoxy groups -OCH3 is 1. The van der Waals surface area contributed by atoms with Crippen LogP contribution in [-0.4, -0.2) is 54.1 Å². The van der Waals surface area contributed by atoms with E-state index in [2.05, 4.69) is 41.1 Å². The van der Waals surface area contributed by atoms with Crippen LogP contribution in [0.25, 0.3) is 10.9 Å². The topological polar surface area (TPSA) is 45.6 Å². The van der Waals surface area contributed by atoms with Gasteiger partial charge in [0.25, 0.3) is 0 Å². The summed E-state index contributed by atoms with van der Waals surface area (Å²) >= 11 is 8.50. The Balaban J connectivity index is 1.25. The standard InChI is InChI=1S/C29H37ClN2O2S/c1-22-6-9-24(10-7-22)35-18-4-15-32-16-13-29(21-33,14-17-32)12-3-5-25-26-19-23(34-2)8-11-28(26)31-20-27(25)30/h6-11,19-20,33H,3-5,12-18,21H2,1-2H3. The first-order valence-corrected chi connectivity index (χ1v) is 14.0. The number of halogens is 1. The molecule has 6 heteroatoms. The lowest BCUT2D eigenvalue weighted by molar-refractivity contribution is 0.0358. The van der Waals surface area contributed by atoms with E-state index in [4.69, 9.17) is 16.3 Å². The summed E-state index contributed by atoms with van der Waals surface area (Å²) in [7, 11) is 1.68. The quantitative estimate of drug-likeness (QED) is 0.226. The molecule has 1 fully saturated rings. The van der Waals surface area contributed by atoms with Gasteiger partial charge in [0.1, 0.15) is 5.75 Å². The first-order valence-electron chi connectivity index (χ1n) is 12.7. The van der Waals surface area contributed by atoms with Crippen molar-refractivity contribution in [2.45, 2.75) is 50.3 Å². The van der Waals surface area contributed by atoms with E-state index < -0.39 is 0 Å². The van der Waals surface area contributed by atoms with Crippen molar-refractivity contribution in [1.82, 2.24) is 9.88 Å². The fraction of sp³-hybridized carbons (Fsp3) is 0.483. The molecular weight excluding hydrogens is 476 g/mol. The zero-order valence-electron chi connectivity index (χ0n) is 20.9. The molecule has 0 spiro atoms. The first kappa shape index (κ1) is 26.3. The van der Waals surface area contributed by atoms with Crippen LogP contribution in [0.2, 0.25) is 5.02 Å². The highest BCUT2D eigenvalue weighted by Crippen LogP contribution is 2.37. The van der Waals surface area contributed by atoms with Gasteiger partial charge in [-0.1, -0.05) is 29.3 Å². The molecule has 1 aliphatic rings. The lowest BCUT2D eigenvalue weighted by atomic mass is 9.75. The Morgan fingerprint density at radius 1 is 1.11 bits per heavy atom. The second kappa shape index (κ2) is 12.4. The van der Waals surface area contributed by atoms with Crippen LogP contribution < -0.4 is 4.74 Å². The smallest absolute Gasteiger partial charge is 0.119 e. The van der Waals surface area contributed by atoms with E-state index in [1.165, 1.54) is 16.9 Å². The maximum absolute atomic E-state index is 10.3. The average molecular weight is 513 g/mol. The Kier molecular flexibility index (Phi) is 9.34. The molecule has 1 saturated heterocycles. The number of piperidine rings is 1. The predicted molar refractivity (Wildman–Crippen MR) is 148 cm³/mol. The van der Waals surface area contributed by atoms with Crippen molar-refractivity contribution in [1.29, 1.82) is 0 Å². The second-order valence-corrected chi connectivity index (χ2v) is 11.4. The van der Waals surface area contributed by atoms with Crippen LogP contribution in [0.5, 0.6) is 5.75 Å². The van der Waals surface area contributed by atoms with Crippen LogP contribution in [0.15, 0.2) is 53.6 Å². The lowest BCUT2D eigenvalue weighted by Gasteiger charge is -2.41. The summed E-state index contributed by atoms with van der Waals surface area (Å²) in [6.07, 6.45) is 7.98. The molecule has 1 aromatic heterocycles. The Labute approximate surface area is 219 Å². The van der Waals surface area contributed by atoms with Crippen LogP contribution in [0.4, 0.5) is 0 Å². The highest BCUT2D eigenvalue weighted by atomic mass is 35.5. The molecule has 2 aromatic carbocycles. The normalized spacial score (nSPS) is 16.0. The number of aryl methyl sites for hydroxylation is 2. The number of aliphatic hydroxyl groups is 1. The molecule has 0 radical (unpaired) electrons. The van der Waals surface area contributed by atoms with Gasteiger partial charge in [-0.3, -0.25) is 4.98 Å². The molecule has 4 rings (SSSR count). The van der Waals surface area contributed by atoms with Gasteiger partial charge in [-0.15, -0.1) is 11.8 Å². The zero-order valence-corrected chi connectivity index (χ0v) is 22.5. The summed E-state index contributed by atoms with van der Waals surface area (Å²) in [5, 5.41) is 12.1. The minimum Gasteiger partial charge on any atom is -0.497 e. The van der Waals surface area contributed by atoms with Crippen LogP contribution in [0.1, 0.15) is 43.2 Å². The van der Waals surface area contributed by atoms with Crippen molar-refractivity contribution in [3.8, 4) is 5.75 Å². The Hall–Kier alpha value is -1.79. The van der Waals surface area contributed by atoms with E-state index in [0.717, 1.165) is 79.7 Å². The third kappa shape index (κ3) is 6.91. The second-order valence-electron chi connectivity index (χ2n) is 9.84. The lowest BCUT2D eigenvalue weighted by Crippen LogP contribution is -2.42. The highest BCUT2D eigenvalue weighted by molar-refractivity contribution is 7.99. The van der Waals surface area contributed by atoms with Gasteiger partial charge < -0.3 is 14.7 Å². The summed E-state index contributed by atoms with van der Waals surface area (Å²) in [5.41, 5.74) is 3.41. The number of pyridine rings is 1. The van der Waals surface area contributed by atoms with Gasteiger partial charge in [-0.25, -0.2) is 0 Å². The number of likely N-dealkylation sites (tertiary alicyclic amines) is 1. The molecule has 1 N–H and O–H groups in total. The minimum absolute atomic E-state index is 0.0279. The van der Waals surface area contributed by atoms with Crippen molar-refractivity contribution in [3.63, 3.8) is 0 Å². The van der Waals surface area contributed by atoms with Gasteiger partial charge in [-0.2, -0.15) is 0 Å². The number of thioether (sulfide) groups is 1. The molecule has 4 nitrogen and oxygen atoms in total. The zero-order chi connectivity index (χ0) is 24.7. The monoisotopic (exact) mass is 512 g/mol. The SMILES string of the molecule is COc1ccc2ncc(Cl)c(CCCC3(CO)CCN(CCCSc4ccc(C)cc4)CC3)c2c1. The van der Waals surface area contributed by atoms with Crippen LogP contribution in [-0.2, 0) is 6.42 Å². The van der Waals surface area contributed by atoms with E-state index in [-0.39, 0.29) is 12.0 Å². The Morgan fingerprint density at radius 2 is 1.89 bits per heavy atom. The molecule has 35 heavy (non-hydrogen) atoms. The van der Waals surface area contributed by atoms with Crippen LogP contribution in [0.3, 0.4) is 0 Å². The fourth-order valence-corrected chi connectivity index (χ4v) is 6.16. The van der Waals surface area contributed by atoms with Gasteiger partial charge >= 0.3 is 0 Å². The first-order chi connectivity index (χ1) is 17.0. The van der Waals surface area contributed by atoms with Crippen molar-refractivity contribution < 1.29 is 9.84 Å². The molecule has 0 unspecified atom stereocenters. The molecular formula is C29H37ClN2O2S. The third-order valence-electron chi connectivity index (χ3n) is 7.43. The van der Waals surface area contributed by atoms with Crippen molar-refractivity contribution >= 4 is 34.3 Å². The summed E-state index contributed by atoms with van der Waals surface area (Å²) in [4.78, 5) is 8.40. The van der Waals surface area contributed by atoms with Gasteiger partial charge in [-0.05, 0) is 112 Å². The number of benzene rings is 2. The molecule has 0 bridgehead atoms. The number of hydrogen-bond donors (Lipinski definition) is 1. The Morgan fingerprint density at radius 3 is 2.60 bits per heavy atom. The predicted octanol–water partition coefficient (Wildman–Crippen LogP) is 6.78. The van der Waals surface area contributed by atoms with E-state index >= 15 is 0 Å². The van der Waals surface area contributed by atoms with Crippen molar-refractivity contribution in [2.24, 2.45) is 5.41 Å². The van der Waals surface area contributed by atoms with Gasteiger partial charge in [0.2, 0.25) is 0 Å². The molecule has 1 aliphatic heterocycles. The number of fused-ring (bicyclic) bond motifs is 1. The number of aliphatic hydroxyl groups excluding tert-OH is 1. The maximum atomic E-state index is 10.3. The summed E-state index contributed by atoms with van der Waals surface area (Å²) in [6, 6.07) is 14.7. The van der Waals surface area contributed by atoms with Crippen molar-refractivity contribution in [3.05, 3.63) is 64.8 Å². The molecule has 0 saturated carbocycles. The Bertz CT molecular complexity index is 1100. The number of aromatic nitrogens is 1. The van der Waals surface area contributed by atoms with Crippen molar-refractivity contribution in [2.75, 3.05) is 39.1 Å². The van der Waals surface area contributed by atoms with Gasteiger partial charge in [0, 0.05) is 23.1 Å². The minimum atomic E-state index is 0.0279. The van der Waals surface area contributed by atoms with Gasteiger partial charge in [0.15, 0.2) is 0 Å². The number of hydrogen-bond acceptors (Lipinski definition) is 5. The van der Waals surface area contributed by atoms with E-state index in [1.807, 2.05) is 30.0 Å². The molecule has 0 amide bonds. The highest BCUT2D eigenvalue weighted by Gasteiger charge is 2.33. The van der Waals surface area contributed by atoms with Crippen LogP contribution in [0, 0.1) is 12.3 Å². The largest absolute Gasteiger partial charge is 0.497 e. The maximum Gasteiger partial charge on any atom is 0.119 e. The average Bonchev–Trinajstić information content (AvgIpc) is 2.89. The van der Waals surface area contributed by atoms with Gasteiger partial charge in [0.05, 0.1) is 17.6 Å². The summed E-state index contributed by atoms with van der Waals surface area (Å²) in [5.74, 6) is 1.97. The van der Waals surface area contributed by atoms with Crippen LogP contribution >= 0.6 is 23.4 Å². The van der Waals surface area contributed by atoms with E-state index in [9.17, 15) is 5.11 Å². The number of nitrogens with zero attached hydrogens (tertiary/aromatic N) is 2. The fourth-order valence-electron chi connectivity index (χ4n) is 5.07. The van der Waals surface area contributed by atoms with E-state index in [0.29, 0.717) is 5.02 Å². The summed E-state index contributed by atoms with van der Waals surface area (Å²) in [6.45, 7) is 5.69. The molecule has 0 aliphatic carbocycles.